The maximum Gasteiger partial charge on any atom is 0.310 e. The lowest BCUT2D eigenvalue weighted by Crippen LogP contribution is -2.55. The van der Waals surface area contributed by atoms with Gasteiger partial charge in [-0.25, -0.2) is 0 Å². The monoisotopic (exact) mass is 211 g/mol. The summed E-state index contributed by atoms with van der Waals surface area (Å²) in [6, 6.07) is 0. The number of carbonyl (C=O) groups excluding carboxylic acids is 1. The molecule has 1 saturated carbocycles. The summed E-state index contributed by atoms with van der Waals surface area (Å²) >= 11 is 0. The zero-order valence-corrected chi connectivity index (χ0v) is 8.98. The van der Waals surface area contributed by atoms with Crippen molar-refractivity contribution in [1.29, 1.82) is 0 Å². The third-order valence-corrected chi connectivity index (χ3v) is 3.72. The average molecular weight is 211 g/mol. The fourth-order valence-corrected chi connectivity index (χ4v) is 2.56. The molecule has 1 heterocycles. The number of nitrogens with zero attached hydrogens (tertiary/aromatic N) is 1. The Bertz CT molecular complexity index is 284. The number of carboxylic acid groups (broad SMARTS) is 1. The molecule has 2 aliphatic rings. The van der Waals surface area contributed by atoms with Crippen molar-refractivity contribution in [3.63, 3.8) is 0 Å². The Kier molecular flexibility index (Phi) is 2.67. The van der Waals surface area contributed by atoms with Crippen LogP contribution >= 0.6 is 0 Å². The summed E-state index contributed by atoms with van der Waals surface area (Å²) in [6.07, 6.45) is 3.24. The van der Waals surface area contributed by atoms with Crippen molar-refractivity contribution in [2.45, 2.75) is 26.2 Å². The van der Waals surface area contributed by atoms with Gasteiger partial charge in [0.2, 0.25) is 5.91 Å². The summed E-state index contributed by atoms with van der Waals surface area (Å²) in [7, 11) is 0. The van der Waals surface area contributed by atoms with Crippen molar-refractivity contribution in [3.8, 4) is 0 Å². The molecule has 0 aromatic heterocycles. The summed E-state index contributed by atoms with van der Waals surface area (Å²) in [5, 5.41) is 8.71. The number of aliphatic carboxylic acids is 1. The number of carbonyl (C=O) groups is 2. The molecule has 0 aromatic carbocycles. The molecular formula is C11H17NO3. The Morgan fingerprint density at radius 2 is 1.93 bits per heavy atom. The van der Waals surface area contributed by atoms with Crippen LogP contribution in [-0.4, -0.2) is 35.0 Å². The highest BCUT2D eigenvalue weighted by Crippen LogP contribution is 2.34. The topological polar surface area (TPSA) is 57.6 Å². The fourth-order valence-electron chi connectivity index (χ4n) is 2.56. The third-order valence-electron chi connectivity index (χ3n) is 3.72. The maximum atomic E-state index is 11.9. The van der Waals surface area contributed by atoms with E-state index in [0.717, 1.165) is 19.3 Å². The molecule has 15 heavy (non-hydrogen) atoms. The standard InChI is InChI=1S/C11H17NO3/c1-7-3-2-4-9(7)10(13)12-5-8(6-12)11(14)15/h7-9H,2-6H2,1H3,(H,14,15). The van der Waals surface area contributed by atoms with Crippen LogP contribution in [0.25, 0.3) is 0 Å². The lowest BCUT2D eigenvalue weighted by molar-refractivity contribution is -0.155. The highest BCUT2D eigenvalue weighted by molar-refractivity contribution is 5.83. The van der Waals surface area contributed by atoms with E-state index >= 15 is 0 Å². The van der Waals surface area contributed by atoms with Gasteiger partial charge < -0.3 is 10.0 Å². The largest absolute Gasteiger partial charge is 0.481 e. The van der Waals surface area contributed by atoms with E-state index < -0.39 is 5.97 Å². The van der Waals surface area contributed by atoms with Crippen LogP contribution in [0.15, 0.2) is 0 Å². The molecule has 1 N–H and O–H groups in total. The van der Waals surface area contributed by atoms with Crippen LogP contribution in [0.5, 0.6) is 0 Å². The Balaban J connectivity index is 1.86. The van der Waals surface area contributed by atoms with Gasteiger partial charge in [0.15, 0.2) is 0 Å². The molecule has 2 atom stereocenters. The molecule has 2 rings (SSSR count). The zero-order valence-electron chi connectivity index (χ0n) is 8.98. The average Bonchev–Trinajstić information content (AvgIpc) is 2.47. The molecule has 1 saturated heterocycles. The van der Waals surface area contributed by atoms with Crippen molar-refractivity contribution in [2.24, 2.45) is 17.8 Å². The zero-order chi connectivity index (χ0) is 11.0. The first-order valence-electron chi connectivity index (χ1n) is 5.61. The van der Waals surface area contributed by atoms with E-state index in [1.807, 2.05) is 0 Å². The van der Waals surface area contributed by atoms with Crippen LogP contribution in [0.1, 0.15) is 26.2 Å². The summed E-state index contributed by atoms with van der Waals surface area (Å²) < 4.78 is 0. The first-order valence-corrected chi connectivity index (χ1v) is 5.61. The molecule has 4 heteroatoms. The van der Waals surface area contributed by atoms with E-state index in [2.05, 4.69) is 6.92 Å². The molecule has 0 bridgehead atoms. The van der Waals surface area contributed by atoms with Crippen molar-refractivity contribution in [2.75, 3.05) is 13.1 Å². The van der Waals surface area contributed by atoms with Crippen LogP contribution in [0.4, 0.5) is 0 Å². The van der Waals surface area contributed by atoms with Gasteiger partial charge in [-0.1, -0.05) is 13.3 Å². The summed E-state index contributed by atoms with van der Waals surface area (Å²) in [6.45, 7) is 2.94. The van der Waals surface area contributed by atoms with Crippen LogP contribution < -0.4 is 0 Å². The second-order valence-electron chi connectivity index (χ2n) is 4.79. The number of amides is 1. The molecule has 0 spiro atoms. The molecule has 1 aliphatic heterocycles. The fraction of sp³-hybridized carbons (Fsp3) is 0.818. The number of rotatable bonds is 2. The molecular weight excluding hydrogens is 194 g/mol. The van der Waals surface area contributed by atoms with Crippen molar-refractivity contribution < 1.29 is 14.7 Å². The molecule has 1 amide bonds. The second kappa shape index (κ2) is 3.83. The maximum absolute atomic E-state index is 11.9. The van der Waals surface area contributed by atoms with E-state index in [4.69, 9.17) is 5.11 Å². The molecule has 84 valence electrons. The van der Waals surface area contributed by atoms with Crippen LogP contribution in [0.2, 0.25) is 0 Å². The van der Waals surface area contributed by atoms with Crippen molar-refractivity contribution in [1.82, 2.24) is 4.90 Å². The molecule has 2 fully saturated rings. The lowest BCUT2D eigenvalue weighted by atomic mass is 9.92. The van der Waals surface area contributed by atoms with E-state index in [-0.39, 0.29) is 17.7 Å². The van der Waals surface area contributed by atoms with Crippen LogP contribution in [0, 0.1) is 17.8 Å². The SMILES string of the molecule is CC1CCCC1C(=O)N1CC(C(=O)O)C1. The quantitative estimate of drug-likeness (QED) is 0.740. The number of likely N-dealkylation sites (tertiary alicyclic amines) is 1. The van der Waals surface area contributed by atoms with Gasteiger partial charge in [-0.3, -0.25) is 9.59 Å². The van der Waals surface area contributed by atoms with Gasteiger partial charge in [0.1, 0.15) is 0 Å². The minimum atomic E-state index is -0.779. The number of hydrogen-bond donors (Lipinski definition) is 1. The Labute approximate surface area is 89.3 Å². The van der Waals surface area contributed by atoms with Crippen molar-refractivity contribution in [3.05, 3.63) is 0 Å². The van der Waals surface area contributed by atoms with E-state index in [0.29, 0.717) is 19.0 Å². The minimum Gasteiger partial charge on any atom is -0.481 e. The van der Waals surface area contributed by atoms with Gasteiger partial charge in [-0.2, -0.15) is 0 Å². The Morgan fingerprint density at radius 3 is 2.40 bits per heavy atom. The summed E-state index contributed by atoms with van der Waals surface area (Å²) in [4.78, 5) is 24.2. The minimum absolute atomic E-state index is 0.153. The Morgan fingerprint density at radius 1 is 1.27 bits per heavy atom. The van der Waals surface area contributed by atoms with Crippen LogP contribution in [0.3, 0.4) is 0 Å². The summed E-state index contributed by atoms with van der Waals surface area (Å²) in [5.74, 6) is -0.303. The van der Waals surface area contributed by atoms with E-state index in [1.165, 1.54) is 0 Å². The van der Waals surface area contributed by atoms with Gasteiger partial charge in [-0.05, 0) is 18.8 Å². The molecule has 4 nitrogen and oxygen atoms in total. The highest BCUT2D eigenvalue weighted by atomic mass is 16.4. The van der Waals surface area contributed by atoms with Crippen LogP contribution in [-0.2, 0) is 9.59 Å². The summed E-state index contributed by atoms with van der Waals surface area (Å²) in [5.41, 5.74) is 0. The predicted octanol–water partition coefficient (Wildman–Crippen LogP) is 0.966. The predicted molar refractivity (Wildman–Crippen MR) is 54.2 cm³/mol. The van der Waals surface area contributed by atoms with Gasteiger partial charge in [0.05, 0.1) is 5.92 Å². The first-order chi connectivity index (χ1) is 7.09. The Hall–Kier alpha value is -1.06. The van der Waals surface area contributed by atoms with Gasteiger partial charge in [-0.15, -0.1) is 0 Å². The molecule has 0 radical (unpaired) electrons. The smallest absolute Gasteiger partial charge is 0.310 e. The molecule has 1 aliphatic carbocycles. The lowest BCUT2D eigenvalue weighted by Gasteiger charge is -2.38. The number of carboxylic acids is 1. The van der Waals surface area contributed by atoms with E-state index in [9.17, 15) is 9.59 Å². The number of hydrogen-bond acceptors (Lipinski definition) is 2. The van der Waals surface area contributed by atoms with Gasteiger partial charge >= 0.3 is 5.97 Å². The second-order valence-corrected chi connectivity index (χ2v) is 4.79. The van der Waals surface area contributed by atoms with Crippen molar-refractivity contribution >= 4 is 11.9 Å². The molecule has 2 unspecified atom stereocenters. The highest BCUT2D eigenvalue weighted by Gasteiger charge is 2.40. The molecule has 0 aromatic rings. The van der Waals surface area contributed by atoms with Gasteiger partial charge in [0.25, 0.3) is 0 Å². The van der Waals surface area contributed by atoms with Gasteiger partial charge in [0, 0.05) is 19.0 Å². The first kappa shape index (κ1) is 10.5. The third kappa shape index (κ3) is 1.85. The van der Waals surface area contributed by atoms with E-state index in [1.54, 1.807) is 4.90 Å². The normalized spacial score (nSPS) is 31.4.